The van der Waals surface area contributed by atoms with Crippen molar-refractivity contribution in [1.29, 1.82) is 0 Å². The van der Waals surface area contributed by atoms with Crippen LogP contribution >= 0.6 is 0 Å². The second-order valence-corrected chi connectivity index (χ2v) is 3.38. The molecule has 0 saturated carbocycles. The lowest BCUT2D eigenvalue weighted by Crippen LogP contribution is -2.02. The number of hydrogen-bond acceptors (Lipinski definition) is 2. The quantitative estimate of drug-likeness (QED) is 0.705. The molecular weight excluding hydrogens is 169 g/mol. The topological polar surface area (TPSA) is 35.2 Å². The van der Waals surface area contributed by atoms with E-state index in [2.05, 4.69) is 4.84 Å². The van der Waals surface area contributed by atoms with Crippen LogP contribution in [0.25, 0.3) is 0 Å². The summed E-state index contributed by atoms with van der Waals surface area (Å²) in [6.07, 6.45) is 3.17. The van der Waals surface area contributed by atoms with E-state index in [-0.39, 0.29) is 12.4 Å². The molecule has 0 fully saturated rings. The number of fused-ring (bicyclic) bond motifs is 1. The van der Waals surface area contributed by atoms with Gasteiger partial charge >= 0.3 is 0 Å². The van der Waals surface area contributed by atoms with E-state index in [1.807, 2.05) is 6.07 Å². The van der Waals surface area contributed by atoms with Crippen LogP contribution in [0.5, 0.6) is 0 Å². The van der Waals surface area contributed by atoms with Crippen LogP contribution in [0.1, 0.15) is 23.1 Å². The van der Waals surface area contributed by atoms with E-state index in [0.717, 1.165) is 24.8 Å². The zero-order valence-corrected chi connectivity index (χ0v) is 7.35. The van der Waals surface area contributed by atoms with Crippen LogP contribution in [-0.4, -0.2) is 0 Å². The molecule has 1 aliphatic carbocycles. The molecule has 70 valence electrons. The lowest BCUT2D eigenvalue weighted by atomic mass is 10.1. The number of hydrogen-bond donors (Lipinski definition) is 1. The van der Waals surface area contributed by atoms with Crippen molar-refractivity contribution in [3.05, 3.63) is 34.6 Å². The third-order valence-electron chi connectivity index (χ3n) is 2.50. The van der Waals surface area contributed by atoms with Gasteiger partial charge < -0.3 is 0 Å². The van der Waals surface area contributed by atoms with E-state index < -0.39 is 0 Å². The molecule has 0 amide bonds. The highest BCUT2D eigenvalue weighted by Gasteiger charge is 2.14. The van der Waals surface area contributed by atoms with Crippen molar-refractivity contribution in [1.82, 2.24) is 0 Å². The van der Waals surface area contributed by atoms with Gasteiger partial charge in [-0.15, -0.1) is 0 Å². The van der Waals surface area contributed by atoms with Gasteiger partial charge in [0.05, 0.1) is 6.61 Å². The Morgan fingerprint density at radius 3 is 2.69 bits per heavy atom. The molecule has 1 aliphatic rings. The molecule has 0 bridgehead atoms. The lowest BCUT2D eigenvalue weighted by Gasteiger charge is -2.05. The summed E-state index contributed by atoms with van der Waals surface area (Å²) in [5, 5.41) is 0. The zero-order chi connectivity index (χ0) is 9.26. The fraction of sp³-hybridized carbons (Fsp3) is 0.400. The van der Waals surface area contributed by atoms with E-state index in [9.17, 15) is 4.39 Å². The normalized spacial score (nSPS) is 14.6. The Kier molecular flexibility index (Phi) is 2.29. The SMILES string of the molecule is NOCc1cc2c(cc1F)CCC2. The van der Waals surface area contributed by atoms with Crippen molar-refractivity contribution in [3.8, 4) is 0 Å². The van der Waals surface area contributed by atoms with E-state index in [0.29, 0.717) is 5.56 Å². The maximum Gasteiger partial charge on any atom is 0.129 e. The van der Waals surface area contributed by atoms with Crippen molar-refractivity contribution in [3.63, 3.8) is 0 Å². The summed E-state index contributed by atoms with van der Waals surface area (Å²) in [6, 6.07) is 3.47. The van der Waals surface area contributed by atoms with Crippen LogP contribution < -0.4 is 5.90 Å². The van der Waals surface area contributed by atoms with Gasteiger partial charge in [-0.25, -0.2) is 10.3 Å². The summed E-state index contributed by atoms with van der Waals surface area (Å²) in [5.74, 6) is 4.71. The lowest BCUT2D eigenvalue weighted by molar-refractivity contribution is 0.121. The second-order valence-electron chi connectivity index (χ2n) is 3.38. The first kappa shape index (κ1) is 8.66. The summed E-state index contributed by atoms with van der Waals surface area (Å²) < 4.78 is 13.3. The minimum absolute atomic E-state index is 0.152. The molecule has 0 radical (unpaired) electrons. The summed E-state index contributed by atoms with van der Waals surface area (Å²) in [4.78, 5) is 4.43. The molecule has 0 unspecified atom stereocenters. The number of nitrogens with two attached hydrogens (primary N) is 1. The van der Waals surface area contributed by atoms with Crippen molar-refractivity contribution < 1.29 is 9.23 Å². The van der Waals surface area contributed by atoms with Crippen LogP contribution in [-0.2, 0) is 24.3 Å². The Hall–Kier alpha value is -0.930. The second kappa shape index (κ2) is 3.44. The van der Waals surface area contributed by atoms with Crippen LogP contribution in [0.15, 0.2) is 12.1 Å². The Balaban J connectivity index is 2.37. The van der Waals surface area contributed by atoms with Crippen LogP contribution in [0.4, 0.5) is 4.39 Å². The third kappa shape index (κ3) is 1.57. The number of rotatable bonds is 2. The minimum Gasteiger partial charge on any atom is -0.300 e. The highest BCUT2D eigenvalue weighted by molar-refractivity contribution is 5.36. The van der Waals surface area contributed by atoms with Crippen LogP contribution in [0.2, 0.25) is 0 Å². The minimum atomic E-state index is -0.203. The number of benzene rings is 1. The van der Waals surface area contributed by atoms with Crippen molar-refractivity contribution in [2.24, 2.45) is 5.90 Å². The van der Waals surface area contributed by atoms with E-state index in [4.69, 9.17) is 5.90 Å². The molecular formula is C10H12FNO. The first-order valence-corrected chi connectivity index (χ1v) is 4.43. The summed E-state index contributed by atoms with van der Waals surface area (Å²) in [7, 11) is 0. The van der Waals surface area contributed by atoms with Crippen molar-refractivity contribution in [2.45, 2.75) is 25.9 Å². The summed E-state index contributed by atoms with van der Waals surface area (Å²) >= 11 is 0. The fourth-order valence-corrected chi connectivity index (χ4v) is 1.85. The first-order chi connectivity index (χ1) is 6.31. The summed E-state index contributed by atoms with van der Waals surface area (Å²) in [6.45, 7) is 0.152. The molecule has 0 heterocycles. The molecule has 2 nitrogen and oxygen atoms in total. The number of aryl methyl sites for hydroxylation is 2. The van der Waals surface area contributed by atoms with E-state index in [1.54, 1.807) is 6.07 Å². The maximum atomic E-state index is 13.3. The maximum absolute atomic E-state index is 13.3. The molecule has 0 spiro atoms. The Morgan fingerprint density at radius 1 is 1.31 bits per heavy atom. The molecule has 0 aromatic heterocycles. The predicted octanol–water partition coefficient (Wildman–Crippen LogP) is 1.70. The molecule has 2 rings (SSSR count). The molecule has 1 aromatic rings. The van der Waals surface area contributed by atoms with Crippen LogP contribution in [0, 0.1) is 5.82 Å². The standard InChI is InChI=1S/C10H12FNO/c11-10-5-8-3-1-2-7(8)4-9(10)6-13-12/h4-5H,1-3,6,12H2. The van der Waals surface area contributed by atoms with Gasteiger partial charge in [-0.2, -0.15) is 0 Å². The third-order valence-corrected chi connectivity index (χ3v) is 2.50. The molecule has 2 N–H and O–H groups in total. The van der Waals surface area contributed by atoms with Gasteiger partial charge in [0.15, 0.2) is 0 Å². The van der Waals surface area contributed by atoms with Gasteiger partial charge in [-0.1, -0.05) is 6.07 Å². The number of halogens is 1. The first-order valence-electron chi connectivity index (χ1n) is 4.43. The van der Waals surface area contributed by atoms with Gasteiger partial charge in [0.1, 0.15) is 5.82 Å². The fourth-order valence-electron chi connectivity index (χ4n) is 1.85. The highest BCUT2D eigenvalue weighted by Crippen LogP contribution is 2.25. The monoisotopic (exact) mass is 181 g/mol. The van der Waals surface area contributed by atoms with Crippen molar-refractivity contribution >= 4 is 0 Å². The molecule has 0 saturated heterocycles. The smallest absolute Gasteiger partial charge is 0.129 e. The predicted molar refractivity (Wildman–Crippen MR) is 47.4 cm³/mol. The highest BCUT2D eigenvalue weighted by atomic mass is 19.1. The largest absolute Gasteiger partial charge is 0.300 e. The molecule has 0 aliphatic heterocycles. The Bertz CT molecular complexity index is 325. The van der Waals surface area contributed by atoms with E-state index >= 15 is 0 Å². The molecule has 13 heavy (non-hydrogen) atoms. The average molecular weight is 181 g/mol. The van der Waals surface area contributed by atoms with Gasteiger partial charge in [0, 0.05) is 5.56 Å². The van der Waals surface area contributed by atoms with Crippen molar-refractivity contribution in [2.75, 3.05) is 0 Å². The van der Waals surface area contributed by atoms with Gasteiger partial charge in [-0.3, -0.25) is 4.84 Å². The zero-order valence-electron chi connectivity index (χ0n) is 7.35. The summed E-state index contributed by atoms with van der Waals surface area (Å²) in [5.41, 5.74) is 2.94. The Morgan fingerprint density at radius 2 is 2.00 bits per heavy atom. The van der Waals surface area contributed by atoms with Crippen LogP contribution in [0.3, 0.4) is 0 Å². The van der Waals surface area contributed by atoms with Gasteiger partial charge in [0.2, 0.25) is 0 Å². The molecule has 1 aromatic carbocycles. The molecule has 0 atom stereocenters. The van der Waals surface area contributed by atoms with E-state index in [1.165, 1.54) is 5.56 Å². The average Bonchev–Trinajstić information content (AvgIpc) is 2.52. The van der Waals surface area contributed by atoms with Gasteiger partial charge in [0.25, 0.3) is 0 Å². The molecule has 3 heteroatoms. The Labute approximate surface area is 76.5 Å². The van der Waals surface area contributed by atoms with Gasteiger partial charge in [-0.05, 0) is 36.5 Å².